The molecule has 0 atom stereocenters. The van der Waals surface area contributed by atoms with E-state index in [-0.39, 0.29) is 0 Å². The van der Waals surface area contributed by atoms with Crippen LogP contribution in [0, 0.1) is 25.7 Å². The van der Waals surface area contributed by atoms with E-state index in [1.807, 2.05) is 0 Å². The highest BCUT2D eigenvalue weighted by molar-refractivity contribution is 4.76. The van der Waals surface area contributed by atoms with Crippen LogP contribution in [0.2, 0.25) is 0 Å². The fourth-order valence-electron chi connectivity index (χ4n) is 1.83. The van der Waals surface area contributed by atoms with E-state index < -0.39 is 0 Å². The lowest BCUT2D eigenvalue weighted by Gasteiger charge is -2.26. The molecule has 0 amide bonds. The van der Waals surface area contributed by atoms with Crippen LogP contribution in [0.25, 0.3) is 0 Å². The first-order chi connectivity index (χ1) is 7.78. The van der Waals surface area contributed by atoms with Crippen LogP contribution in [0.4, 0.5) is 0 Å². The Kier molecular flexibility index (Phi) is 11.3. The second-order valence-electron chi connectivity index (χ2n) is 4.15. The molecule has 0 rings (SSSR count). The van der Waals surface area contributed by atoms with Crippen molar-refractivity contribution in [2.45, 2.75) is 27.7 Å². The Morgan fingerprint density at radius 3 is 1.00 bits per heavy atom. The van der Waals surface area contributed by atoms with E-state index in [1.54, 1.807) is 0 Å². The third kappa shape index (κ3) is 8.12. The Balaban J connectivity index is 3.83. The van der Waals surface area contributed by atoms with Gasteiger partial charge in [-0.05, 0) is 25.7 Å². The minimum absolute atomic E-state index is 1.09. The second kappa shape index (κ2) is 11.4. The summed E-state index contributed by atoms with van der Waals surface area (Å²) in [6.45, 7) is 15.1. The molecule has 0 aliphatic carbocycles. The molecule has 0 heterocycles. The van der Waals surface area contributed by atoms with Crippen molar-refractivity contribution in [3.8, 4) is 0 Å². The van der Waals surface area contributed by atoms with Crippen molar-refractivity contribution < 1.29 is 0 Å². The zero-order valence-electron chi connectivity index (χ0n) is 11.4. The van der Waals surface area contributed by atoms with Gasteiger partial charge in [0.05, 0.1) is 0 Å². The maximum Gasteiger partial charge on any atom is 0.0110 e. The Bertz CT molecular complexity index is 109. The topological polar surface area (TPSA) is 6.48 Å². The monoisotopic (exact) mass is 224 g/mol. The summed E-state index contributed by atoms with van der Waals surface area (Å²) in [5, 5.41) is 0. The van der Waals surface area contributed by atoms with E-state index in [1.165, 1.54) is 0 Å². The quantitative estimate of drug-likeness (QED) is 0.532. The van der Waals surface area contributed by atoms with E-state index in [9.17, 15) is 0 Å². The van der Waals surface area contributed by atoms with Gasteiger partial charge in [0.2, 0.25) is 0 Å². The first-order valence-corrected chi connectivity index (χ1v) is 6.34. The van der Waals surface area contributed by atoms with E-state index in [0.29, 0.717) is 0 Å². The number of hydrogen-bond acceptors (Lipinski definition) is 2. The zero-order valence-corrected chi connectivity index (χ0v) is 11.4. The summed E-state index contributed by atoms with van der Waals surface area (Å²) in [5.41, 5.74) is 0. The zero-order chi connectivity index (χ0) is 12.2. The maximum atomic E-state index is 2.47. The van der Waals surface area contributed by atoms with Crippen LogP contribution in [0.1, 0.15) is 27.7 Å². The summed E-state index contributed by atoms with van der Waals surface area (Å²) in [7, 11) is 0. The highest BCUT2D eigenvalue weighted by Gasteiger charge is 2.06. The van der Waals surface area contributed by atoms with Crippen LogP contribution in [-0.2, 0) is 0 Å². The molecule has 0 aliphatic heterocycles. The van der Waals surface area contributed by atoms with Gasteiger partial charge in [0.15, 0.2) is 0 Å². The van der Waals surface area contributed by atoms with Gasteiger partial charge in [-0.2, -0.15) is 0 Å². The third-order valence-electron chi connectivity index (χ3n) is 2.50. The Hall–Kier alpha value is -0.0800. The molecule has 0 saturated heterocycles. The molecule has 0 unspecified atom stereocenters. The van der Waals surface area contributed by atoms with Gasteiger partial charge in [0, 0.05) is 39.3 Å². The highest BCUT2D eigenvalue weighted by Crippen LogP contribution is 1.97. The Labute approximate surface area is 103 Å². The number of hydrogen-bond donors (Lipinski definition) is 0. The average molecular weight is 224 g/mol. The molecule has 0 aliphatic rings. The van der Waals surface area contributed by atoms with Gasteiger partial charge in [-0.3, -0.25) is 0 Å². The standard InChI is InChI=1S/C14H28N2/c1-5-9-15(10-6-2)13-14-16(11-7-3)12-8-4/h5-8H,9-14H2,1-4H3. The fourth-order valence-corrected chi connectivity index (χ4v) is 1.83. The molecule has 0 fully saturated rings. The average Bonchev–Trinajstić information content (AvgIpc) is 2.27. The van der Waals surface area contributed by atoms with Crippen LogP contribution in [0.5, 0.6) is 0 Å². The van der Waals surface area contributed by atoms with Crippen molar-refractivity contribution in [1.82, 2.24) is 9.80 Å². The molecule has 0 N–H and O–H groups in total. The van der Waals surface area contributed by atoms with Crippen molar-refractivity contribution >= 4 is 0 Å². The van der Waals surface area contributed by atoms with Crippen LogP contribution in [0.3, 0.4) is 0 Å². The molecule has 0 aromatic rings. The van der Waals surface area contributed by atoms with Gasteiger partial charge in [-0.25, -0.2) is 0 Å². The number of rotatable bonds is 11. The van der Waals surface area contributed by atoms with Crippen molar-refractivity contribution in [3.63, 3.8) is 0 Å². The predicted octanol–water partition coefficient (Wildman–Crippen LogP) is 2.49. The normalized spacial score (nSPS) is 11.6. The van der Waals surface area contributed by atoms with Crippen molar-refractivity contribution in [3.05, 3.63) is 25.7 Å². The highest BCUT2D eigenvalue weighted by atomic mass is 15.2. The third-order valence-corrected chi connectivity index (χ3v) is 2.50. The van der Waals surface area contributed by atoms with Gasteiger partial charge < -0.3 is 9.80 Å². The first-order valence-electron chi connectivity index (χ1n) is 6.34. The van der Waals surface area contributed by atoms with E-state index in [2.05, 4.69) is 63.2 Å². The summed E-state index contributed by atoms with van der Waals surface area (Å²) in [5.74, 6) is 0. The lowest BCUT2D eigenvalue weighted by atomic mass is 10.3. The SMILES string of the molecule is C[CH]CN(C[CH]C)CCN(C[CH]C)C[CH]C. The molecule has 2 nitrogen and oxygen atoms in total. The lowest BCUT2D eigenvalue weighted by Crippen LogP contribution is -2.37. The summed E-state index contributed by atoms with van der Waals surface area (Å²) in [6.07, 6.45) is 8.91. The predicted molar refractivity (Wildman–Crippen MR) is 72.8 cm³/mol. The van der Waals surface area contributed by atoms with Gasteiger partial charge in [0.25, 0.3) is 0 Å². The maximum absolute atomic E-state index is 2.47. The summed E-state index contributed by atoms with van der Waals surface area (Å²) in [6, 6.07) is 0. The van der Waals surface area contributed by atoms with E-state index in [0.717, 1.165) is 39.3 Å². The molecular weight excluding hydrogens is 196 g/mol. The Morgan fingerprint density at radius 2 is 0.812 bits per heavy atom. The van der Waals surface area contributed by atoms with Crippen LogP contribution >= 0.6 is 0 Å². The summed E-state index contributed by atoms with van der Waals surface area (Å²) < 4.78 is 0. The molecule has 4 radical (unpaired) electrons. The molecule has 0 saturated carbocycles. The van der Waals surface area contributed by atoms with Gasteiger partial charge >= 0.3 is 0 Å². The molecule has 0 aromatic carbocycles. The van der Waals surface area contributed by atoms with Crippen molar-refractivity contribution in [1.29, 1.82) is 0 Å². The minimum atomic E-state index is 1.09. The molecule has 0 bridgehead atoms. The first kappa shape index (κ1) is 15.9. The number of nitrogens with zero attached hydrogens (tertiary/aromatic N) is 2. The molecule has 2 heteroatoms. The lowest BCUT2D eigenvalue weighted by molar-refractivity contribution is 0.239. The summed E-state index contributed by atoms with van der Waals surface area (Å²) in [4.78, 5) is 4.94. The minimum Gasteiger partial charge on any atom is -0.302 e. The molecule has 94 valence electrons. The van der Waals surface area contributed by atoms with Gasteiger partial charge in [0.1, 0.15) is 0 Å². The smallest absolute Gasteiger partial charge is 0.0110 e. The van der Waals surface area contributed by atoms with E-state index >= 15 is 0 Å². The summed E-state index contributed by atoms with van der Waals surface area (Å²) >= 11 is 0. The van der Waals surface area contributed by atoms with Crippen LogP contribution in [-0.4, -0.2) is 49.1 Å². The van der Waals surface area contributed by atoms with Crippen LogP contribution < -0.4 is 0 Å². The fraction of sp³-hybridized carbons (Fsp3) is 0.714. The molecule has 0 spiro atoms. The van der Waals surface area contributed by atoms with Gasteiger partial charge in [-0.1, -0.05) is 27.7 Å². The molecular formula is C14H28N2. The van der Waals surface area contributed by atoms with Crippen LogP contribution in [0.15, 0.2) is 0 Å². The van der Waals surface area contributed by atoms with Gasteiger partial charge in [-0.15, -0.1) is 0 Å². The Morgan fingerprint density at radius 1 is 0.562 bits per heavy atom. The van der Waals surface area contributed by atoms with E-state index in [4.69, 9.17) is 0 Å². The molecule has 0 aromatic heterocycles. The van der Waals surface area contributed by atoms with Crippen molar-refractivity contribution in [2.75, 3.05) is 39.3 Å². The molecule has 16 heavy (non-hydrogen) atoms. The largest absolute Gasteiger partial charge is 0.302 e. The van der Waals surface area contributed by atoms with Crippen molar-refractivity contribution in [2.24, 2.45) is 0 Å². The second-order valence-corrected chi connectivity index (χ2v) is 4.15.